The molecule has 3 atom stereocenters. The quantitative estimate of drug-likeness (QED) is 0.848. The van der Waals surface area contributed by atoms with Crippen molar-refractivity contribution in [2.75, 3.05) is 7.05 Å². The first-order valence-corrected chi connectivity index (χ1v) is 7.69. The number of sulfonamides is 1. The van der Waals surface area contributed by atoms with E-state index in [9.17, 15) is 18.6 Å². The summed E-state index contributed by atoms with van der Waals surface area (Å²) in [6, 6.07) is 6.01. The Balaban J connectivity index is 2.27. The molecule has 19 heavy (non-hydrogen) atoms. The Morgan fingerprint density at radius 2 is 1.74 bits per heavy atom. The van der Waals surface area contributed by atoms with Crippen LogP contribution in [0.3, 0.4) is 0 Å². The number of nitrogens with zero attached hydrogens (tertiary/aromatic N) is 1. The third-order valence-electron chi connectivity index (χ3n) is 3.71. The van der Waals surface area contributed by atoms with Crippen LogP contribution in [0.25, 0.3) is 0 Å². The van der Waals surface area contributed by atoms with E-state index in [1.807, 2.05) is 6.92 Å². The van der Waals surface area contributed by atoms with E-state index in [0.717, 1.165) is 5.56 Å². The van der Waals surface area contributed by atoms with Gasteiger partial charge in [0.05, 0.1) is 23.1 Å². The summed E-state index contributed by atoms with van der Waals surface area (Å²) in [5, 5.41) is 19.3. The first-order chi connectivity index (χ1) is 8.84. The average Bonchev–Trinajstić information content (AvgIpc) is 2.69. The van der Waals surface area contributed by atoms with Crippen LogP contribution in [0.4, 0.5) is 0 Å². The van der Waals surface area contributed by atoms with E-state index >= 15 is 0 Å². The van der Waals surface area contributed by atoms with Gasteiger partial charge in [0.25, 0.3) is 0 Å². The van der Waals surface area contributed by atoms with Crippen LogP contribution in [0.15, 0.2) is 29.2 Å². The lowest BCUT2D eigenvalue weighted by atomic mass is 10.2. The standard InChI is InChI=1S/C13H19NO4S/c1-9-3-5-10(6-4-9)19(17,18)14(2)11-7-8-12(15)13(11)16/h3-6,11-13,15-16H,7-8H2,1-2H3/t11-,12-,13-/m1/s1. The molecule has 0 bridgehead atoms. The highest BCUT2D eigenvalue weighted by atomic mass is 32.2. The van der Waals surface area contributed by atoms with Crippen molar-refractivity contribution in [3.05, 3.63) is 29.8 Å². The van der Waals surface area contributed by atoms with Crippen LogP contribution in [0.1, 0.15) is 18.4 Å². The van der Waals surface area contributed by atoms with Gasteiger partial charge in [0, 0.05) is 7.05 Å². The molecule has 0 heterocycles. The van der Waals surface area contributed by atoms with Gasteiger partial charge in [-0.3, -0.25) is 0 Å². The summed E-state index contributed by atoms with van der Waals surface area (Å²) >= 11 is 0. The predicted molar refractivity (Wildman–Crippen MR) is 71.2 cm³/mol. The molecule has 1 aliphatic carbocycles. The molecule has 1 aromatic rings. The normalized spacial score (nSPS) is 27.9. The van der Waals surface area contributed by atoms with Crippen molar-refractivity contribution in [3.8, 4) is 0 Å². The zero-order valence-corrected chi connectivity index (χ0v) is 11.8. The van der Waals surface area contributed by atoms with Gasteiger partial charge in [-0.2, -0.15) is 4.31 Å². The molecule has 0 unspecified atom stereocenters. The fourth-order valence-electron chi connectivity index (χ4n) is 2.39. The number of hydrogen-bond acceptors (Lipinski definition) is 4. The molecule has 1 saturated carbocycles. The van der Waals surface area contributed by atoms with E-state index in [-0.39, 0.29) is 4.90 Å². The zero-order chi connectivity index (χ0) is 14.2. The van der Waals surface area contributed by atoms with E-state index in [4.69, 9.17) is 0 Å². The molecular weight excluding hydrogens is 266 g/mol. The highest BCUT2D eigenvalue weighted by Gasteiger charge is 2.40. The van der Waals surface area contributed by atoms with Gasteiger partial charge in [-0.1, -0.05) is 17.7 Å². The lowest BCUT2D eigenvalue weighted by Gasteiger charge is -2.27. The van der Waals surface area contributed by atoms with Crippen LogP contribution in [0, 0.1) is 6.92 Å². The Bertz CT molecular complexity index is 540. The van der Waals surface area contributed by atoms with Gasteiger partial charge in [-0.05, 0) is 31.9 Å². The van der Waals surface area contributed by atoms with E-state index in [1.54, 1.807) is 24.3 Å². The molecule has 0 aromatic heterocycles. The molecule has 106 valence electrons. The molecule has 1 aliphatic rings. The molecule has 1 aromatic carbocycles. The summed E-state index contributed by atoms with van der Waals surface area (Å²) in [6.45, 7) is 1.89. The Kier molecular flexibility index (Phi) is 3.96. The first kappa shape index (κ1) is 14.5. The Morgan fingerprint density at radius 3 is 2.21 bits per heavy atom. The number of aliphatic hydroxyl groups is 2. The van der Waals surface area contributed by atoms with Crippen LogP contribution in [0.2, 0.25) is 0 Å². The van der Waals surface area contributed by atoms with Gasteiger partial charge in [0.1, 0.15) is 0 Å². The molecule has 2 N–H and O–H groups in total. The lowest BCUT2D eigenvalue weighted by Crippen LogP contribution is -2.44. The van der Waals surface area contributed by atoms with Gasteiger partial charge >= 0.3 is 0 Å². The predicted octanol–water partition coefficient (Wildman–Crippen LogP) is 0.500. The molecule has 2 rings (SSSR count). The van der Waals surface area contributed by atoms with Crippen molar-refractivity contribution in [1.29, 1.82) is 0 Å². The maximum absolute atomic E-state index is 12.4. The maximum Gasteiger partial charge on any atom is 0.243 e. The SMILES string of the molecule is Cc1ccc(S(=O)(=O)N(C)[C@@H]2CC[C@@H](O)[C@@H]2O)cc1. The highest BCUT2D eigenvalue weighted by molar-refractivity contribution is 7.89. The van der Waals surface area contributed by atoms with Gasteiger partial charge in [-0.15, -0.1) is 0 Å². The van der Waals surface area contributed by atoms with Crippen molar-refractivity contribution in [1.82, 2.24) is 4.31 Å². The van der Waals surface area contributed by atoms with E-state index in [1.165, 1.54) is 11.4 Å². The number of rotatable bonds is 3. The van der Waals surface area contributed by atoms with Gasteiger partial charge in [0.15, 0.2) is 0 Å². The highest BCUT2D eigenvalue weighted by Crippen LogP contribution is 2.28. The van der Waals surface area contributed by atoms with Crippen molar-refractivity contribution < 1.29 is 18.6 Å². The van der Waals surface area contributed by atoms with Gasteiger partial charge < -0.3 is 10.2 Å². The summed E-state index contributed by atoms with van der Waals surface area (Å²) in [4.78, 5) is 0.203. The number of aliphatic hydroxyl groups excluding tert-OH is 2. The molecule has 6 heteroatoms. The number of aryl methyl sites for hydroxylation is 1. The van der Waals surface area contributed by atoms with Crippen molar-refractivity contribution in [3.63, 3.8) is 0 Å². The van der Waals surface area contributed by atoms with Crippen molar-refractivity contribution in [2.45, 2.75) is 42.9 Å². The lowest BCUT2D eigenvalue weighted by molar-refractivity contribution is 0.0195. The Labute approximate surface area is 113 Å². The largest absolute Gasteiger partial charge is 0.390 e. The molecule has 0 radical (unpaired) electrons. The van der Waals surface area contributed by atoms with Crippen LogP contribution in [-0.4, -0.2) is 48.2 Å². The molecule has 5 nitrogen and oxygen atoms in total. The summed E-state index contributed by atoms with van der Waals surface area (Å²) in [6.07, 6.45) is -0.991. The second-order valence-electron chi connectivity index (χ2n) is 5.04. The Morgan fingerprint density at radius 1 is 1.16 bits per heavy atom. The second-order valence-corrected chi connectivity index (χ2v) is 7.03. The van der Waals surface area contributed by atoms with Gasteiger partial charge in [-0.25, -0.2) is 8.42 Å². The van der Waals surface area contributed by atoms with E-state index in [2.05, 4.69) is 0 Å². The topological polar surface area (TPSA) is 77.8 Å². The Hall–Kier alpha value is -0.950. The summed E-state index contributed by atoms with van der Waals surface area (Å²) in [5.41, 5.74) is 0.984. The molecule has 0 aliphatic heterocycles. The minimum Gasteiger partial charge on any atom is -0.390 e. The summed E-state index contributed by atoms with van der Waals surface area (Å²) in [5.74, 6) is 0. The smallest absolute Gasteiger partial charge is 0.243 e. The molecule has 0 spiro atoms. The molecular formula is C13H19NO4S. The zero-order valence-electron chi connectivity index (χ0n) is 11.0. The fraction of sp³-hybridized carbons (Fsp3) is 0.538. The fourth-order valence-corrected chi connectivity index (χ4v) is 3.79. The van der Waals surface area contributed by atoms with Crippen LogP contribution in [-0.2, 0) is 10.0 Å². The van der Waals surface area contributed by atoms with Crippen LogP contribution < -0.4 is 0 Å². The monoisotopic (exact) mass is 285 g/mol. The summed E-state index contributed by atoms with van der Waals surface area (Å²) < 4.78 is 26.0. The minimum atomic E-state index is -3.63. The number of benzene rings is 1. The molecule has 0 amide bonds. The molecule has 1 fully saturated rings. The van der Waals surface area contributed by atoms with Crippen LogP contribution in [0.5, 0.6) is 0 Å². The first-order valence-electron chi connectivity index (χ1n) is 6.25. The van der Waals surface area contributed by atoms with Crippen molar-refractivity contribution in [2.24, 2.45) is 0 Å². The molecule has 0 saturated heterocycles. The number of likely N-dealkylation sites (N-methyl/N-ethyl adjacent to an activating group) is 1. The van der Waals surface area contributed by atoms with E-state index in [0.29, 0.717) is 12.8 Å². The minimum absolute atomic E-state index is 0.203. The second kappa shape index (κ2) is 5.20. The van der Waals surface area contributed by atoms with Crippen LogP contribution >= 0.6 is 0 Å². The third kappa shape index (κ3) is 2.67. The summed E-state index contributed by atoms with van der Waals surface area (Å²) in [7, 11) is -2.19. The average molecular weight is 285 g/mol. The van der Waals surface area contributed by atoms with Gasteiger partial charge in [0.2, 0.25) is 10.0 Å². The van der Waals surface area contributed by atoms with Crippen molar-refractivity contribution >= 4 is 10.0 Å². The van der Waals surface area contributed by atoms with E-state index < -0.39 is 28.3 Å². The number of hydrogen-bond donors (Lipinski definition) is 2. The maximum atomic E-state index is 12.4. The third-order valence-corrected chi connectivity index (χ3v) is 5.61.